The van der Waals surface area contributed by atoms with Crippen LogP contribution in [0.4, 0.5) is 14.5 Å². The lowest BCUT2D eigenvalue weighted by atomic mass is 10.1. The number of halogens is 2. The van der Waals surface area contributed by atoms with Gasteiger partial charge in [0.1, 0.15) is 0 Å². The van der Waals surface area contributed by atoms with Crippen molar-refractivity contribution in [3.63, 3.8) is 0 Å². The van der Waals surface area contributed by atoms with E-state index in [2.05, 4.69) is 0 Å². The fourth-order valence-corrected chi connectivity index (χ4v) is 1.63. The molecule has 1 aromatic carbocycles. The average Bonchev–Trinajstić information content (AvgIpc) is 2.29. The van der Waals surface area contributed by atoms with E-state index in [1.807, 2.05) is 0 Å². The zero-order chi connectivity index (χ0) is 10.5. The minimum absolute atomic E-state index is 0.190. The number of benzene rings is 1. The topological polar surface area (TPSA) is 20.3 Å². The Hall–Kier alpha value is -1.45. The first-order valence-electron chi connectivity index (χ1n) is 4.21. The third kappa shape index (κ3) is 0.967. The summed E-state index contributed by atoms with van der Waals surface area (Å²) in [4.78, 5) is 12.2. The molecule has 0 saturated heterocycles. The summed E-state index contributed by atoms with van der Waals surface area (Å²) in [5.74, 6) is -4.52. The maximum Gasteiger partial charge on any atom is 0.352 e. The smallest absolute Gasteiger partial charge is 0.309 e. The molecule has 1 aliphatic heterocycles. The summed E-state index contributed by atoms with van der Waals surface area (Å²) in [5.41, 5.74) is 0.835. The fourth-order valence-electron chi connectivity index (χ4n) is 1.63. The molecule has 4 heteroatoms. The fraction of sp³-hybridized carbons (Fsp3) is 0.300. The Labute approximate surface area is 80.1 Å². The van der Waals surface area contributed by atoms with E-state index in [0.717, 1.165) is 10.5 Å². The van der Waals surface area contributed by atoms with Crippen LogP contribution in [0.2, 0.25) is 0 Å². The zero-order valence-corrected chi connectivity index (χ0v) is 7.84. The Kier molecular flexibility index (Phi) is 1.65. The molecule has 14 heavy (non-hydrogen) atoms. The van der Waals surface area contributed by atoms with Gasteiger partial charge in [-0.05, 0) is 19.1 Å². The van der Waals surface area contributed by atoms with Gasteiger partial charge in [-0.25, -0.2) is 0 Å². The molecule has 0 atom stereocenters. The molecule has 0 bridgehead atoms. The number of anilines is 1. The highest BCUT2D eigenvalue weighted by Gasteiger charge is 2.51. The van der Waals surface area contributed by atoms with Crippen LogP contribution in [0.5, 0.6) is 0 Å². The van der Waals surface area contributed by atoms with Gasteiger partial charge in [0.25, 0.3) is 0 Å². The van der Waals surface area contributed by atoms with Crippen LogP contribution in [0.3, 0.4) is 0 Å². The van der Waals surface area contributed by atoms with Crippen LogP contribution in [-0.2, 0) is 10.7 Å². The van der Waals surface area contributed by atoms with Crippen molar-refractivity contribution in [2.75, 3.05) is 11.9 Å². The van der Waals surface area contributed by atoms with E-state index >= 15 is 0 Å². The number of alkyl halides is 2. The molecule has 1 aliphatic rings. The molecule has 1 heterocycles. The van der Waals surface area contributed by atoms with Crippen molar-refractivity contribution in [1.29, 1.82) is 0 Å². The lowest BCUT2D eigenvalue weighted by molar-refractivity contribution is -0.141. The molecular weight excluding hydrogens is 188 g/mol. The maximum absolute atomic E-state index is 13.4. The molecule has 0 aromatic heterocycles. The number of rotatable bonds is 0. The highest BCUT2D eigenvalue weighted by atomic mass is 19.3. The first kappa shape index (κ1) is 9.12. The Morgan fingerprint density at radius 1 is 1.36 bits per heavy atom. The van der Waals surface area contributed by atoms with Crippen molar-refractivity contribution in [3.8, 4) is 0 Å². The van der Waals surface area contributed by atoms with Crippen LogP contribution in [0.1, 0.15) is 11.1 Å². The second-order valence-corrected chi connectivity index (χ2v) is 3.46. The van der Waals surface area contributed by atoms with Crippen LogP contribution in [0.25, 0.3) is 0 Å². The molecule has 1 amide bonds. The Bertz CT molecular complexity index is 415. The third-order valence-electron chi connectivity index (χ3n) is 2.42. The number of carbonyl (C=O) groups excluding carboxylic acids is 1. The summed E-state index contributed by atoms with van der Waals surface area (Å²) in [6, 6.07) is 4.62. The van der Waals surface area contributed by atoms with Crippen molar-refractivity contribution < 1.29 is 13.6 Å². The Morgan fingerprint density at radius 2 is 2.00 bits per heavy atom. The Balaban J connectivity index is 2.69. The van der Waals surface area contributed by atoms with Crippen molar-refractivity contribution in [2.45, 2.75) is 12.8 Å². The lowest BCUT2D eigenvalue weighted by Crippen LogP contribution is -2.31. The minimum Gasteiger partial charge on any atom is -0.309 e. The van der Waals surface area contributed by atoms with Gasteiger partial charge in [0.2, 0.25) is 0 Å². The summed E-state index contributed by atoms with van der Waals surface area (Å²) in [7, 11) is 1.36. The summed E-state index contributed by atoms with van der Waals surface area (Å²) in [5, 5.41) is 0. The van der Waals surface area contributed by atoms with E-state index < -0.39 is 11.8 Å². The molecule has 0 fully saturated rings. The molecular formula is C10H9F2NO. The number of hydrogen-bond acceptors (Lipinski definition) is 1. The molecule has 2 nitrogen and oxygen atoms in total. The van der Waals surface area contributed by atoms with Crippen molar-refractivity contribution >= 4 is 11.6 Å². The van der Waals surface area contributed by atoms with E-state index in [1.54, 1.807) is 19.1 Å². The van der Waals surface area contributed by atoms with Gasteiger partial charge in [-0.3, -0.25) is 4.79 Å². The normalized spacial score (nSPS) is 18.6. The van der Waals surface area contributed by atoms with Crippen LogP contribution < -0.4 is 4.90 Å². The lowest BCUT2D eigenvalue weighted by Gasteiger charge is -2.08. The van der Waals surface area contributed by atoms with E-state index in [4.69, 9.17) is 0 Å². The van der Waals surface area contributed by atoms with E-state index in [-0.39, 0.29) is 5.56 Å². The zero-order valence-electron chi connectivity index (χ0n) is 7.84. The van der Waals surface area contributed by atoms with Crippen LogP contribution >= 0.6 is 0 Å². The molecule has 0 N–H and O–H groups in total. The molecule has 0 spiro atoms. The van der Waals surface area contributed by atoms with Crippen molar-refractivity contribution in [1.82, 2.24) is 0 Å². The van der Waals surface area contributed by atoms with E-state index in [9.17, 15) is 13.6 Å². The van der Waals surface area contributed by atoms with Crippen molar-refractivity contribution in [2.24, 2.45) is 0 Å². The molecule has 1 aromatic rings. The van der Waals surface area contributed by atoms with Gasteiger partial charge in [-0.1, -0.05) is 11.6 Å². The third-order valence-corrected chi connectivity index (χ3v) is 2.42. The SMILES string of the molecule is Cc1ccc2c(c1)C(F)(F)C(=O)N2C. The highest BCUT2D eigenvalue weighted by Crippen LogP contribution is 2.43. The van der Waals surface area contributed by atoms with Gasteiger partial charge in [0.05, 0.1) is 11.3 Å². The largest absolute Gasteiger partial charge is 0.352 e. The van der Waals surface area contributed by atoms with Crippen molar-refractivity contribution in [3.05, 3.63) is 29.3 Å². The minimum atomic E-state index is -3.36. The molecule has 0 saturated carbocycles. The number of hydrogen-bond donors (Lipinski definition) is 0. The molecule has 74 valence electrons. The predicted octanol–water partition coefficient (Wildman–Crippen LogP) is 2.06. The number of aryl methyl sites for hydroxylation is 1. The second kappa shape index (κ2) is 2.53. The van der Waals surface area contributed by atoms with Gasteiger partial charge in [0.15, 0.2) is 0 Å². The van der Waals surface area contributed by atoms with Gasteiger partial charge in [-0.15, -0.1) is 0 Å². The van der Waals surface area contributed by atoms with Gasteiger partial charge in [0, 0.05) is 7.05 Å². The van der Waals surface area contributed by atoms with Gasteiger partial charge < -0.3 is 4.90 Å². The summed E-state index contributed by atoms with van der Waals surface area (Å²) >= 11 is 0. The summed E-state index contributed by atoms with van der Waals surface area (Å²) < 4.78 is 26.7. The quantitative estimate of drug-likeness (QED) is 0.623. The van der Waals surface area contributed by atoms with Crippen LogP contribution in [0, 0.1) is 6.92 Å². The number of fused-ring (bicyclic) bond motifs is 1. The maximum atomic E-state index is 13.4. The van der Waals surface area contributed by atoms with Gasteiger partial charge in [-0.2, -0.15) is 8.78 Å². The predicted molar refractivity (Wildman–Crippen MR) is 48.5 cm³/mol. The van der Waals surface area contributed by atoms with Crippen LogP contribution in [0.15, 0.2) is 18.2 Å². The second-order valence-electron chi connectivity index (χ2n) is 3.46. The molecule has 0 aliphatic carbocycles. The monoisotopic (exact) mass is 197 g/mol. The van der Waals surface area contributed by atoms with E-state index in [1.165, 1.54) is 13.1 Å². The molecule has 0 unspecified atom stereocenters. The number of carbonyl (C=O) groups is 1. The first-order chi connectivity index (χ1) is 6.44. The van der Waals surface area contributed by atoms with E-state index in [0.29, 0.717) is 5.69 Å². The highest BCUT2D eigenvalue weighted by molar-refractivity contribution is 6.05. The number of likely N-dealkylation sites (N-methyl/N-ethyl adjacent to an activating group) is 1. The Morgan fingerprint density at radius 3 is 2.64 bits per heavy atom. The number of nitrogens with zero attached hydrogens (tertiary/aromatic N) is 1. The molecule has 2 rings (SSSR count). The summed E-state index contributed by atoms with van der Waals surface area (Å²) in [6.45, 7) is 1.72. The summed E-state index contributed by atoms with van der Waals surface area (Å²) in [6.07, 6.45) is 0. The average molecular weight is 197 g/mol. The molecule has 0 radical (unpaired) electrons. The van der Waals surface area contributed by atoms with Gasteiger partial charge >= 0.3 is 11.8 Å². The number of amides is 1. The van der Waals surface area contributed by atoms with Crippen LogP contribution in [-0.4, -0.2) is 13.0 Å². The standard InChI is InChI=1S/C10H9F2NO/c1-6-3-4-8-7(5-6)10(11,12)9(14)13(8)2/h3-5H,1-2H3. The first-order valence-corrected chi connectivity index (χ1v) is 4.21.